The summed E-state index contributed by atoms with van der Waals surface area (Å²) in [5.41, 5.74) is 5.96. The summed E-state index contributed by atoms with van der Waals surface area (Å²) in [6.45, 7) is 3.05. The highest BCUT2D eigenvalue weighted by molar-refractivity contribution is 5.79. The topological polar surface area (TPSA) is 55.1 Å². The maximum Gasteiger partial charge on any atom is 0.223 e. The summed E-state index contributed by atoms with van der Waals surface area (Å²) in [6.07, 6.45) is 8.21. The van der Waals surface area contributed by atoms with Crippen LogP contribution in [0, 0.1) is 17.8 Å². The van der Waals surface area contributed by atoms with Gasteiger partial charge in [0.15, 0.2) is 0 Å². The third kappa shape index (κ3) is 3.44. The predicted molar refractivity (Wildman–Crippen MR) is 69.4 cm³/mol. The molecule has 4 atom stereocenters. The Hall–Kier alpha value is -0.570. The molecule has 0 radical (unpaired) electrons. The number of hydrogen-bond donors (Lipinski definition) is 2. The molecule has 2 saturated carbocycles. The Labute approximate surface area is 105 Å². The molecular weight excluding hydrogens is 212 g/mol. The minimum absolute atomic E-state index is 0.271. The second-order valence-corrected chi connectivity index (χ2v) is 6.05. The Bertz CT molecular complexity index is 267. The van der Waals surface area contributed by atoms with Gasteiger partial charge < -0.3 is 11.1 Å². The van der Waals surface area contributed by atoms with Gasteiger partial charge in [0.2, 0.25) is 5.91 Å². The van der Waals surface area contributed by atoms with Gasteiger partial charge in [-0.15, -0.1) is 0 Å². The van der Waals surface area contributed by atoms with Crippen LogP contribution < -0.4 is 11.1 Å². The average Bonchev–Trinajstić information content (AvgIpc) is 2.72. The van der Waals surface area contributed by atoms with Crippen molar-refractivity contribution < 1.29 is 4.79 Å². The van der Waals surface area contributed by atoms with Crippen LogP contribution in [0.2, 0.25) is 0 Å². The molecule has 98 valence electrons. The predicted octanol–water partition coefficient (Wildman–Crippen LogP) is 2.06. The van der Waals surface area contributed by atoms with Crippen LogP contribution in [0.4, 0.5) is 0 Å². The normalized spacial score (nSPS) is 38.0. The molecule has 0 heterocycles. The largest absolute Gasteiger partial charge is 0.356 e. The van der Waals surface area contributed by atoms with Gasteiger partial charge in [0.25, 0.3) is 0 Å². The van der Waals surface area contributed by atoms with Gasteiger partial charge >= 0.3 is 0 Å². The average molecular weight is 238 g/mol. The van der Waals surface area contributed by atoms with Crippen molar-refractivity contribution >= 4 is 5.91 Å². The monoisotopic (exact) mass is 238 g/mol. The van der Waals surface area contributed by atoms with E-state index in [0.29, 0.717) is 17.9 Å². The summed E-state index contributed by atoms with van der Waals surface area (Å²) in [7, 11) is 0. The molecule has 2 aliphatic carbocycles. The molecule has 0 saturated heterocycles. The van der Waals surface area contributed by atoms with Crippen LogP contribution in [0.15, 0.2) is 0 Å². The minimum atomic E-state index is 0.271. The van der Waals surface area contributed by atoms with Crippen molar-refractivity contribution in [1.29, 1.82) is 0 Å². The van der Waals surface area contributed by atoms with Gasteiger partial charge in [-0.3, -0.25) is 4.79 Å². The van der Waals surface area contributed by atoms with E-state index in [1.54, 1.807) is 0 Å². The zero-order valence-electron chi connectivity index (χ0n) is 11.0. The van der Waals surface area contributed by atoms with E-state index >= 15 is 0 Å². The lowest BCUT2D eigenvalue weighted by Gasteiger charge is -2.27. The quantitative estimate of drug-likeness (QED) is 0.790. The molecule has 2 rings (SSSR count). The molecule has 0 aliphatic heterocycles. The van der Waals surface area contributed by atoms with E-state index in [1.165, 1.54) is 25.7 Å². The molecule has 0 bridgehead atoms. The molecule has 0 aromatic heterocycles. The van der Waals surface area contributed by atoms with Crippen molar-refractivity contribution in [2.45, 2.75) is 57.9 Å². The Balaban J connectivity index is 1.72. The van der Waals surface area contributed by atoms with Crippen molar-refractivity contribution in [2.75, 3.05) is 6.54 Å². The molecule has 3 heteroatoms. The van der Waals surface area contributed by atoms with E-state index in [1.807, 2.05) is 0 Å². The number of amides is 1. The number of nitrogens with one attached hydrogen (secondary N) is 1. The maximum absolute atomic E-state index is 12.0. The second kappa shape index (κ2) is 5.85. The lowest BCUT2D eigenvalue weighted by molar-refractivity contribution is -0.126. The third-order valence-corrected chi connectivity index (χ3v) is 4.59. The van der Waals surface area contributed by atoms with Gasteiger partial charge in [-0.25, -0.2) is 0 Å². The van der Waals surface area contributed by atoms with Crippen LogP contribution in [0.25, 0.3) is 0 Å². The molecule has 1 amide bonds. The number of hydrogen-bond acceptors (Lipinski definition) is 2. The first-order valence-electron chi connectivity index (χ1n) is 7.20. The number of carbonyl (C=O) groups excluding carboxylic acids is 1. The maximum atomic E-state index is 12.0. The van der Waals surface area contributed by atoms with Gasteiger partial charge in [0, 0.05) is 18.5 Å². The lowest BCUT2D eigenvalue weighted by atomic mass is 9.86. The minimum Gasteiger partial charge on any atom is -0.356 e. The zero-order valence-corrected chi connectivity index (χ0v) is 11.0. The molecule has 4 unspecified atom stereocenters. The zero-order chi connectivity index (χ0) is 12.3. The van der Waals surface area contributed by atoms with E-state index in [2.05, 4.69) is 12.2 Å². The van der Waals surface area contributed by atoms with Crippen molar-refractivity contribution in [1.82, 2.24) is 5.32 Å². The first-order chi connectivity index (χ1) is 8.16. The van der Waals surface area contributed by atoms with Crippen LogP contribution in [0.3, 0.4) is 0 Å². The molecular formula is C14H26N2O. The van der Waals surface area contributed by atoms with Gasteiger partial charge in [-0.2, -0.15) is 0 Å². The fourth-order valence-electron chi connectivity index (χ4n) is 3.43. The van der Waals surface area contributed by atoms with Gasteiger partial charge in [-0.1, -0.05) is 19.8 Å². The van der Waals surface area contributed by atoms with Crippen LogP contribution in [-0.4, -0.2) is 18.5 Å². The summed E-state index contributed by atoms with van der Waals surface area (Å²) in [4.78, 5) is 12.0. The van der Waals surface area contributed by atoms with E-state index in [0.717, 1.165) is 25.8 Å². The van der Waals surface area contributed by atoms with E-state index in [9.17, 15) is 4.79 Å². The van der Waals surface area contributed by atoms with E-state index in [-0.39, 0.29) is 11.8 Å². The van der Waals surface area contributed by atoms with Crippen molar-refractivity contribution in [3.05, 3.63) is 0 Å². The Morgan fingerprint density at radius 2 is 2.00 bits per heavy atom. The number of nitrogens with two attached hydrogens (primary N) is 1. The highest BCUT2D eigenvalue weighted by Gasteiger charge is 2.30. The van der Waals surface area contributed by atoms with Crippen LogP contribution in [0.5, 0.6) is 0 Å². The van der Waals surface area contributed by atoms with Crippen molar-refractivity contribution in [3.63, 3.8) is 0 Å². The molecule has 2 fully saturated rings. The van der Waals surface area contributed by atoms with Crippen LogP contribution in [0.1, 0.15) is 51.9 Å². The van der Waals surface area contributed by atoms with Crippen molar-refractivity contribution in [2.24, 2.45) is 23.5 Å². The third-order valence-electron chi connectivity index (χ3n) is 4.59. The standard InChI is InChI=1S/C14H26N2O/c1-10-4-2-7-13(10)14(17)16-9-11-5-3-6-12(15)8-11/h10-13H,2-9,15H2,1H3,(H,16,17). The fourth-order valence-corrected chi connectivity index (χ4v) is 3.43. The highest BCUT2D eigenvalue weighted by Crippen LogP contribution is 2.31. The Morgan fingerprint density at radius 3 is 2.65 bits per heavy atom. The van der Waals surface area contributed by atoms with E-state index in [4.69, 9.17) is 5.73 Å². The smallest absolute Gasteiger partial charge is 0.223 e. The molecule has 2 aliphatic rings. The first-order valence-corrected chi connectivity index (χ1v) is 7.20. The first kappa shape index (κ1) is 12.9. The molecule has 0 spiro atoms. The summed E-state index contributed by atoms with van der Waals surface area (Å²) in [6, 6.07) is 0.357. The van der Waals surface area contributed by atoms with Crippen LogP contribution in [-0.2, 0) is 4.79 Å². The molecule has 3 N–H and O–H groups in total. The highest BCUT2D eigenvalue weighted by atomic mass is 16.1. The van der Waals surface area contributed by atoms with Crippen molar-refractivity contribution in [3.8, 4) is 0 Å². The summed E-state index contributed by atoms with van der Waals surface area (Å²) >= 11 is 0. The van der Waals surface area contributed by atoms with Gasteiger partial charge in [0.05, 0.1) is 0 Å². The fraction of sp³-hybridized carbons (Fsp3) is 0.929. The van der Waals surface area contributed by atoms with E-state index < -0.39 is 0 Å². The Morgan fingerprint density at radius 1 is 1.24 bits per heavy atom. The lowest BCUT2D eigenvalue weighted by Crippen LogP contribution is -2.38. The molecule has 3 nitrogen and oxygen atoms in total. The second-order valence-electron chi connectivity index (χ2n) is 6.05. The molecule has 0 aromatic rings. The van der Waals surface area contributed by atoms with Gasteiger partial charge in [-0.05, 0) is 43.9 Å². The summed E-state index contributed by atoms with van der Waals surface area (Å²) < 4.78 is 0. The summed E-state index contributed by atoms with van der Waals surface area (Å²) in [5.74, 6) is 1.74. The Kier molecular flexibility index (Phi) is 4.43. The molecule has 0 aromatic carbocycles. The number of carbonyl (C=O) groups is 1. The molecule has 17 heavy (non-hydrogen) atoms. The number of rotatable bonds is 3. The summed E-state index contributed by atoms with van der Waals surface area (Å²) in [5, 5.41) is 3.15. The van der Waals surface area contributed by atoms with Gasteiger partial charge in [0.1, 0.15) is 0 Å². The van der Waals surface area contributed by atoms with Crippen LogP contribution >= 0.6 is 0 Å². The SMILES string of the molecule is CC1CCCC1C(=O)NCC1CCCC(N)C1.